The van der Waals surface area contributed by atoms with Crippen LogP contribution in [0.2, 0.25) is 0 Å². The smallest absolute Gasteiger partial charge is 0.364 e. The summed E-state index contributed by atoms with van der Waals surface area (Å²) in [5.74, 6) is -9.26. The summed E-state index contributed by atoms with van der Waals surface area (Å²) < 4.78 is 97.8. The van der Waals surface area contributed by atoms with Crippen LogP contribution in [0.15, 0.2) is 206 Å². The molecule has 29 nitrogen and oxygen atoms in total. The fourth-order valence-corrected chi connectivity index (χ4v) is 14.3. The molecule has 11 rings (SSSR count). The van der Waals surface area contributed by atoms with Crippen molar-refractivity contribution in [1.82, 2.24) is 10.6 Å². The van der Waals surface area contributed by atoms with Crippen LogP contribution >= 0.6 is 0 Å². The third-order valence-corrected chi connectivity index (χ3v) is 20.1. The summed E-state index contributed by atoms with van der Waals surface area (Å²) in [5, 5.41) is 95.0. The van der Waals surface area contributed by atoms with Crippen LogP contribution in [0.1, 0.15) is 100 Å². The maximum atomic E-state index is 15.5. The van der Waals surface area contributed by atoms with Gasteiger partial charge in [0.2, 0.25) is 5.91 Å². The monoisotopic (exact) mass is 1580 g/mol. The van der Waals surface area contributed by atoms with E-state index >= 15 is 4.79 Å². The zero-order valence-corrected chi connectivity index (χ0v) is 63.1. The zero-order valence-electron chi connectivity index (χ0n) is 63.1. The summed E-state index contributed by atoms with van der Waals surface area (Å²) in [7, 11) is 0. The van der Waals surface area contributed by atoms with Gasteiger partial charge >= 0.3 is 17.9 Å². The lowest BCUT2D eigenvalue weighted by Gasteiger charge is -2.53. The molecule has 4 saturated heterocycles. The predicted octanol–water partition coefficient (Wildman–Crippen LogP) is 6.78. The number of hydrogen-bond acceptors (Lipinski definition) is 24. The standard InChI is InChI=1S/C85H100N2O27/c1-52-70(103-46-55-28-12-4-13-29-55)75(105-48-57-32-16-6-17-33-57)77(106-49-58-34-18-7-19-35-58)82(108-52)112-74-68(87-79(96)60-38-23-24-39-61(60)80(97)98)81(102-41-25-9-22-40-66(93)94)109-64(44-89)72(74)111-83-78(107-50-59-36-20-8-21-37-59)76(114-85(84(99)100)42-62(91)67(86-53(2)90)73(113-85)69(95)63(92)43-88)71(104-47-56-30-14-5-15-31-56)65(110-83)51-101-45-54-26-10-3-11-27-54/h3-8,10-21,23-24,26-39,52,62-65,67-78,81-83,88-89,91-92,95H,9,22,25,40-51H2,1-2H3,(H,86,90)(H,87,96)(H,93,94)(H,97,98)(H,99,100)/t52-,62-,63+,64+,65?,67+,68+,69+,70+,71?,72+,73+,74+,75+,76?,77-,78?,81+,82-,83?,85-/m0/s1. The van der Waals surface area contributed by atoms with Crippen molar-refractivity contribution in [1.29, 1.82) is 0 Å². The largest absolute Gasteiger partial charge is 0.481 e. The number of carbonyl (C=O) groups is 5. The molecule has 4 aliphatic heterocycles. The normalized spacial score (nSPS) is 28.2. The van der Waals surface area contributed by atoms with E-state index in [0.29, 0.717) is 28.7 Å². The van der Waals surface area contributed by atoms with Crippen LogP contribution in [0.3, 0.4) is 0 Å². The highest BCUT2D eigenvalue weighted by Gasteiger charge is 2.62. The van der Waals surface area contributed by atoms with Crippen LogP contribution < -0.4 is 10.6 Å². The van der Waals surface area contributed by atoms with Gasteiger partial charge in [-0.05, 0) is 65.3 Å². The second-order valence-electron chi connectivity index (χ2n) is 28.4. The van der Waals surface area contributed by atoms with Crippen LogP contribution in [0.5, 0.6) is 0 Å². The SMILES string of the molecule is CC(=O)N[C@H]1[C@H]([C@H](O)[C@H](O)CO)O[C@@](OC2C(OCc3ccccc3)C(COCc3ccccc3)OC(O[C@H]3[C@H](O[C@@H]4O[C@@H](C)[C@@H](OCc5ccccc5)[C@@H](OCc5ccccc5)[C@@H]4OCc4ccccc4)[C@@H](NC(=O)c4ccccc4C(=O)O)[C@H](OCCCCCC(=O)O)O[C@@H]3CO)C2OCc2ccccc2)(C(=O)O)C[C@@H]1O. The van der Waals surface area contributed by atoms with Crippen molar-refractivity contribution in [2.24, 2.45) is 0 Å². The van der Waals surface area contributed by atoms with Gasteiger partial charge in [-0.1, -0.05) is 201 Å². The number of nitrogens with one attached hydrogen (secondary N) is 2. The number of carboxylic acid groups (broad SMARTS) is 3. The third-order valence-electron chi connectivity index (χ3n) is 20.1. The number of aliphatic carboxylic acids is 2. The minimum Gasteiger partial charge on any atom is -0.481 e. The van der Waals surface area contributed by atoms with Crippen molar-refractivity contribution in [2.45, 2.75) is 214 Å². The highest BCUT2D eigenvalue weighted by Crippen LogP contribution is 2.43. The Morgan fingerprint density at radius 1 is 0.482 bits per heavy atom. The van der Waals surface area contributed by atoms with Gasteiger partial charge in [0.05, 0.1) is 88.8 Å². The van der Waals surface area contributed by atoms with E-state index in [-0.39, 0.29) is 71.1 Å². The Labute approximate surface area is 659 Å². The van der Waals surface area contributed by atoms with Gasteiger partial charge in [0, 0.05) is 26.4 Å². The number of rotatable bonds is 41. The van der Waals surface area contributed by atoms with Gasteiger partial charge in [0.1, 0.15) is 85.4 Å². The van der Waals surface area contributed by atoms with Crippen LogP contribution in [0.25, 0.3) is 0 Å². The topological polar surface area (TPSA) is 400 Å². The van der Waals surface area contributed by atoms with E-state index in [1.165, 1.54) is 24.3 Å². The fraction of sp³-hybridized carbons (Fsp3) is 0.447. The van der Waals surface area contributed by atoms with Gasteiger partial charge in [0.25, 0.3) is 11.7 Å². The minimum absolute atomic E-state index is 0.00872. The Balaban J connectivity index is 1.10. The summed E-state index contributed by atoms with van der Waals surface area (Å²) >= 11 is 0. The molecule has 0 aliphatic carbocycles. The molecule has 7 aromatic carbocycles. The van der Waals surface area contributed by atoms with Crippen molar-refractivity contribution in [3.8, 4) is 0 Å². The minimum atomic E-state index is -3.13. The Bertz CT molecular complexity index is 4090. The van der Waals surface area contributed by atoms with E-state index < -0.39 is 190 Å². The molecule has 0 aromatic heterocycles. The molecule has 0 radical (unpaired) electrons. The van der Waals surface area contributed by atoms with Crippen LogP contribution in [0.4, 0.5) is 0 Å². The first-order chi connectivity index (χ1) is 55.3. The van der Waals surface area contributed by atoms with Crippen LogP contribution in [-0.4, -0.2) is 225 Å². The molecule has 114 heavy (non-hydrogen) atoms. The number of carboxylic acids is 3. The second kappa shape index (κ2) is 42.7. The number of benzene rings is 7. The quantitative estimate of drug-likeness (QED) is 0.0176. The first kappa shape index (κ1) is 86.0. The number of hydrogen-bond donors (Lipinski definition) is 10. The Morgan fingerprint density at radius 2 is 0.939 bits per heavy atom. The van der Waals surface area contributed by atoms with E-state index in [1.54, 1.807) is 67.6 Å². The molecule has 612 valence electrons. The van der Waals surface area contributed by atoms with E-state index in [1.807, 2.05) is 121 Å². The molecule has 4 heterocycles. The molecular formula is C85H100N2O27. The average molecular weight is 1580 g/mol. The summed E-state index contributed by atoms with van der Waals surface area (Å²) in [6.45, 7) is -0.367. The van der Waals surface area contributed by atoms with Crippen molar-refractivity contribution < 1.29 is 131 Å². The molecule has 0 saturated carbocycles. The first-order valence-electron chi connectivity index (χ1n) is 38.0. The van der Waals surface area contributed by atoms with Crippen molar-refractivity contribution in [2.75, 3.05) is 26.4 Å². The number of ether oxygens (including phenoxy) is 14. The molecule has 0 bridgehead atoms. The molecule has 2 amide bonds. The lowest BCUT2D eigenvalue weighted by Crippen LogP contribution is -2.72. The lowest BCUT2D eigenvalue weighted by molar-refractivity contribution is -0.400. The lowest BCUT2D eigenvalue weighted by atomic mass is 9.88. The van der Waals surface area contributed by atoms with Gasteiger partial charge in [-0.3, -0.25) is 14.4 Å². The number of amides is 2. The summed E-state index contributed by atoms with van der Waals surface area (Å²) in [6.07, 6.45) is -30.1. The maximum Gasteiger partial charge on any atom is 0.364 e. The number of carbonyl (C=O) groups excluding carboxylic acids is 2. The van der Waals surface area contributed by atoms with E-state index in [9.17, 15) is 60.0 Å². The third kappa shape index (κ3) is 23.2. The summed E-state index contributed by atoms with van der Waals surface area (Å²) in [6, 6.07) is 56.8. The van der Waals surface area contributed by atoms with Crippen molar-refractivity contribution in [3.05, 3.63) is 251 Å². The van der Waals surface area contributed by atoms with Crippen molar-refractivity contribution in [3.63, 3.8) is 0 Å². The molecule has 7 aromatic rings. The summed E-state index contributed by atoms with van der Waals surface area (Å²) in [5.41, 5.74) is 3.42. The Morgan fingerprint density at radius 3 is 1.43 bits per heavy atom. The molecule has 0 spiro atoms. The fourth-order valence-electron chi connectivity index (χ4n) is 14.3. The maximum absolute atomic E-state index is 15.5. The number of unbranched alkanes of at least 4 members (excludes halogenated alkanes) is 2. The van der Waals surface area contributed by atoms with Crippen LogP contribution in [-0.2, 0) is 120 Å². The molecule has 4 aliphatic rings. The first-order valence-corrected chi connectivity index (χ1v) is 38.0. The number of aliphatic hydroxyl groups excluding tert-OH is 5. The van der Waals surface area contributed by atoms with Gasteiger partial charge in [-0.2, -0.15) is 0 Å². The Hall–Kier alpha value is -8.87. The van der Waals surface area contributed by atoms with Gasteiger partial charge in [0.15, 0.2) is 18.9 Å². The predicted molar refractivity (Wildman–Crippen MR) is 404 cm³/mol. The molecule has 4 fully saturated rings. The van der Waals surface area contributed by atoms with E-state index in [4.69, 9.17) is 66.3 Å². The van der Waals surface area contributed by atoms with Crippen LogP contribution in [0, 0.1) is 0 Å². The zero-order chi connectivity index (χ0) is 80.5. The van der Waals surface area contributed by atoms with E-state index in [0.717, 1.165) is 18.1 Å². The molecule has 29 heteroatoms. The van der Waals surface area contributed by atoms with Gasteiger partial charge in [-0.25, -0.2) is 9.59 Å². The molecular weight excluding hydrogens is 1480 g/mol. The average Bonchev–Trinajstić information content (AvgIpc) is 0.749. The number of aromatic carboxylic acids is 1. The molecule has 10 N–H and O–H groups in total. The highest BCUT2D eigenvalue weighted by atomic mass is 16.8. The summed E-state index contributed by atoms with van der Waals surface area (Å²) in [4.78, 5) is 67.8. The van der Waals surface area contributed by atoms with Gasteiger partial charge in [-0.15, -0.1) is 0 Å². The Kier molecular flexibility index (Phi) is 32.2. The highest BCUT2D eigenvalue weighted by molar-refractivity contribution is 6.05. The van der Waals surface area contributed by atoms with E-state index in [2.05, 4.69) is 10.6 Å². The second-order valence-corrected chi connectivity index (χ2v) is 28.4. The molecule has 21 atom stereocenters. The van der Waals surface area contributed by atoms with Gasteiger partial charge < -0.3 is 118 Å². The van der Waals surface area contributed by atoms with Crippen molar-refractivity contribution >= 4 is 29.7 Å². The number of aliphatic hydroxyl groups is 5. The molecule has 5 unspecified atom stereocenters.